The van der Waals surface area contributed by atoms with Gasteiger partial charge in [-0.05, 0) is 57.8 Å². The Labute approximate surface area is 405 Å². The summed E-state index contributed by atoms with van der Waals surface area (Å²) in [6.07, 6.45) is 57.2. The number of carboxylic acid groups (broad SMARTS) is 1. The Hall–Kier alpha value is -3.01. The lowest BCUT2D eigenvalue weighted by Gasteiger charge is -2.26. The molecular weight excluding hydrogens is 827 g/mol. The minimum atomic E-state index is -1.62. The topological polar surface area (TPSA) is 111 Å². The van der Waals surface area contributed by atoms with E-state index in [2.05, 4.69) is 74.6 Å². The van der Waals surface area contributed by atoms with Gasteiger partial charge in [-0.2, -0.15) is 0 Å². The average Bonchev–Trinajstić information content (AvgIpc) is 3.28. The molecule has 0 aliphatic heterocycles. The van der Waals surface area contributed by atoms with Crippen molar-refractivity contribution < 1.29 is 42.9 Å². The molecule has 0 saturated heterocycles. The predicted octanol–water partition coefficient (Wildman–Crippen LogP) is 14.0. The number of esters is 2. The summed E-state index contributed by atoms with van der Waals surface area (Å²) in [6, 6.07) is 0. The maximum Gasteiger partial charge on any atom is 0.306 e. The number of nitrogens with zero attached hydrogens (tertiary/aromatic N) is 1. The van der Waals surface area contributed by atoms with Crippen LogP contribution in [0.5, 0.6) is 0 Å². The fourth-order valence-electron chi connectivity index (χ4n) is 7.39. The molecule has 0 aliphatic carbocycles. The summed E-state index contributed by atoms with van der Waals surface area (Å²) in [5.74, 6) is -2.28. The Morgan fingerprint density at radius 2 is 0.864 bits per heavy atom. The first kappa shape index (κ1) is 63.0. The van der Waals surface area contributed by atoms with E-state index in [0.29, 0.717) is 23.9 Å². The Kier molecular flexibility index (Phi) is 46.2. The number of hydrogen-bond donors (Lipinski definition) is 0. The summed E-state index contributed by atoms with van der Waals surface area (Å²) >= 11 is 0. The number of carbonyl (C=O) groups is 3. The number of hydrogen-bond acceptors (Lipinski definition) is 8. The zero-order valence-electron chi connectivity index (χ0n) is 43.3. The first-order valence-electron chi connectivity index (χ1n) is 26.9. The molecule has 0 aromatic rings. The molecule has 0 aliphatic rings. The third kappa shape index (κ3) is 48.9. The fourth-order valence-corrected chi connectivity index (χ4v) is 7.39. The standard InChI is InChI=1S/C57H101NO8/c1-6-8-10-12-14-16-17-18-19-20-21-22-23-24-25-26-27-28-29-30-31-32-33-34-35-36-37-38-39-40-42-44-46-48-55(60)66-53(52-65-57(56(61)62)63-50-49-58(3,4)5)51-64-54(59)47-45-43-41-15-13-11-9-7-2/h8,10,14,16,18-19,21-22,24-25,53,57H,6-7,9,11-13,15,17,20,23,26-52H2,1-5H3/b10-8-,16-14-,19-18-,22-21-,25-24-. The van der Waals surface area contributed by atoms with Crippen molar-refractivity contribution in [3.8, 4) is 0 Å². The van der Waals surface area contributed by atoms with Crippen LogP contribution in [0.2, 0.25) is 0 Å². The van der Waals surface area contributed by atoms with Gasteiger partial charge in [0.05, 0.1) is 40.3 Å². The Bertz CT molecular complexity index is 1270. The van der Waals surface area contributed by atoms with Crippen LogP contribution in [0.4, 0.5) is 0 Å². The van der Waals surface area contributed by atoms with Crippen LogP contribution in [0.1, 0.15) is 226 Å². The second-order valence-corrected chi connectivity index (χ2v) is 19.1. The quantitative estimate of drug-likeness (QED) is 0.0195. The van der Waals surface area contributed by atoms with Gasteiger partial charge in [0.15, 0.2) is 12.4 Å². The van der Waals surface area contributed by atoms with Gasteiger partial charge < -0.3 is 33.3 Å². The van der Waals surface area contributed by atoms with E-state index in [1.165, 1.54) is 128 Å². The first-order chi connectivity index (χ1) is 32.1. The third-order valence-corrected chi connectivity index (χ3v) is 11.5. The molecule has 66 heavy (non-hydrogen) atoms. The first-order valence-corrected chi connectivity index (χ1v) is 26.9. The molecule has 9 heteroatoms. The molecule has 382 valence electrons. The van der Waals surface area contributed by atoms with Crippen molar-refractivity contribution in [3.05, 3.63) is 60.8 Å². The number of aliphatic carboxylic acids is 1. The lowest BCUT2D eigenvalue weighted by Crippen LogP contribution is -2.44. The SMILES string of the molecule is CC/C=C\C/C=C\C/C=C\C/C=C\C/C=C\CCCCCCCCCCCCCCCCCCCC(=O)OC(COC(=O)CCCCCCCCCC)COC(OCC[N+](C)(C)C)C(=O)[O-]. The highest BCUT2D eigenvalue weighted by Gasteiger charge is 2.22. The zero-order chi connectivity index (χ0) is 48.4. The number of carboxylic acids is 1. The highest BCUT2D eigenvalue weighted by Crippen LogP contribution is 2.16. The van der Waals surface area contributed by atoms with Crippen LogP contribution in [0.25, 0.3) is 0 Å². The Balaban J connectivity index is 4.02. The molecule has 9 nitrogen and oxygen atoms in total. The van der Waals surface area contributed by atoms with Gasteiger partial charge in [-0.1, -0.05) is 216 Å². The van der Waals surface area contributed by atoms with E-state index < -0.39 is 24.3 Å². The van der Waals surface area contributed by atoms with Gasteiger partial charge in [0.1, 0.15) is 13.2 Å². The molecule has 2 unspecified atom stereocenters. The van der Waals surface area contributed by atoms with E-state index in [9.17, 15) is 19.5 Å². The van der Waals surface area contributed by atoms with Crippen molar-refractivity contribution in [1.82, 2.24) is 0 Å². The summed E-state index contributed by atoms with van der Waals surface area (Å²) in [5.41, 5.74) is 0. The van der Waals surface area contributed by atoms with Gasteiger partial charge in [0.2, 0.25) is 0 Å². The third-order valence-electron chi connectivity index (χ3n) is 11.5. The second kappa shape index (κ2) is 48.4. The number of quaternary nitrogens is 1. The number of allylic oxidation sites excluding steroid dienone is 10. The number of carbonyl (C=O) groups excluding carboxylic acids is 3. The van der Waals surface area contributed by atoms with Crippen LogP contribution in [-0.4, -0.2) is 82.3 Å². The number of likely N-dealkylation sites (N-methyl/N-ethyl adjacent to an activating group) is 1. The highest BCUT2D eigenvalue weighted by molar-refractivity contribution is 5.70. The van der Waals surface area contributed by atoms with Crippen LogP contribution < -0.4 is 5.11 Å². The van der Waals surface area contributed by atoms with Gasteiger partial charge >= 0.3 is 11.9 Å². The monoisotopic (exact) mass is 928 g/mol. The van der Waals surface area contributed by atoms with Crippen molar-refractivity contribution in [1.29, 1.82) is 0 Å². The van der Waals surface area contributed by atoms with E-state index in [-0.39, 0.29) is 32.2 Å². The van der Waals surface area contributed by atoms with Gasteiger partial charge in [-0.25, -0.2) is 0 Å². The van der Waals surface area contributed by atoms with E-state index in [1.54, 1.807) is 0 Å². The lowest BCUT2D eigenvalue weighted by atomic mass is 10.0. The molecule has 0 heterocycles. The summed E-state index contributed by atoms with van der Waals surface area (Å²) in [6.45, 7) is 4.60. The summed E-state index contributed by atoms with van der Waals surface area (Å²) in [7, 11) is 5.91. The van der Waals surface area contributed by atoms with E-state index in [1.807, 2.05) is 21.1 Å². The number of unbranched alkanes of at least 4 members (excludes halogenated alkanes) is 24. The smallest absolute Gasteiger partial charge is 0.306 e. The zero-order valence-corrected chi connectivity index (χ0v) is 43.3. The van der Waals surface area contributed by atoms with Crippen LogP contribution >= 0.6 is 0 Å². The maximum atomic E-state index is 12.8. The van der Waals surface area contributed by atoms with E-state index >= 15 is 0 Å². The second-order valence-electron chi connectivity index (χ2n) is 19.1. The van der Waals surface area contributed by atoms with Gasteiger partial charge in [-0.15, -0.1) is 0 Å². The number of ether oxygens (including phenoxy) is 4. The Morgan fingerprint density at radius 3 is 1.29 bits per heavy atom. The molecule has 0 radical (unpaired) electrons. The molecule has 0 bridgehead atoms. The molecule has 0 aromatic heterocycles. The number of rotatable bonds is 49. The van der Waals surface area contributed by atoms with Crippen molar-refractivity contribution in [3.63, 3.8) is 0 Å². The fraction of sp³-hybridized carbons (Fsp3) is 0.772. The van der Waals surface area contributed by atoms with Crippen molar-refractivity contribution in [2.24, 2.45) is 0 Å². The van der Waals surface area contributed by atoms with Gasteiger partial charge in [0.25, 0.3) is 0 Å². The highest BCUT2D eigenvalue weighted by atomic mass is 16.7. The maximum absolute atomic E-state index is 12.8. The van der Waals surface area contributed by atoms with Crippen molar-refractivity contribution in [2.45, 2.75) is 238 Å². The predicted molar refractivity (Wildman–Crippen MR) is 274 cm³/mol. The molecule has 2 atom stereocenters. The van der Waals surface area contributed by atoms with E-state index in [0.717, 1.165) is 64.2 Å². The molecule has 0 spiro atoms. The van der Waals surface area contributed by atoms with Crippen molar-refractivity contribution >= 4 is 17.9 Å². The minimum absolute atomic E-state index is 0.148. The van der Waals surface area contributed by atoms with Crippen LogP contribution in [0.15, 0.2) is 60.8 Å². The summed E-state index contributed by atoms with van der Waals surface area (Å²) < 4.78 is 22.5. The molecule has 0 rings (SSSR count). The van der Waals surface area contributed by atoms with Crippen LogP contribution in [-0.2, 0) is 33.3 Å². The van der Waals surface area contributed by atoms with Gasteiger partial charge in [-0.3, -0.25) is 9.59 Å². The Morgan fingerprint density at radius 1 is 0.470 bits per heavy atom. The minimum Gasteiger partial charge on any atom is -0.545 e. The average molecular weight is 928 g/mol. The lowest BCUT2D eigenvalue weighted by molar-refractivity contribution is -0.870. The van der Waals surface area contributed by atoms with Crippen molar-refractivity contribution in [2.75, 3.05) is 47.5 Å². The molecule has 0 fully saturated rings. The molecule has 0 saturated carbocycles. The summed E-state index contributed by atoms with van der Waals surface area (Å²) in [4.78, 5) is 37.0. The molecular formula is C57H101NO8. The largest absolute Gasteiger partial charge is 0.545 e. The molecule has 0 aromatic carbocycles. The van der Waals surface area contributed by atoms with Crippen LogP contribution in [0.3, 0.4) is 0 Å². The normalized spacial score (nSPS) is 13.3. The molecule has 0 amide bonds. The van der Waals surface area contributed by atoms with Gasteiger partial charge in [0, 0.05) is 12.8 Å². The molecule has 0 N–H and O–H groups in total. The van der Waals surface area contributed by atoms with E-state index in [4.69, 9.17) is 18.9 Å². The van der Waals surface area contributed by atoms with Crippen LogP contribution in [0, 0.1) is 0 Å². The summed E-state index contributed by atoms with van der Waals surface area (Å²) in [5, 5.41) is 11.7.